The number of ether oxygens (including phenoxy) is 1. The van der Waals surface area contributed by atoms with Crippen molar-refractivity contribution < 1.29 is 119 Å². The third-order valence-corrected chi connectivity index (χ3v) is 11.1. The fourth-order valence-corrected chi connectivity index (χ4v) is 7.78. The molecular weight excluding hydrogens is 1080 g/mol. The summed E-state index contributed by atoms with van der Waals surface area (Å²) in [6.45, 7) is 1.61. The molecule has 5 aromatic carbocycles. The molecule has 0 N–H and O–H groups in total. The fraction of sp³-hybridized carbons (Fsp3) is 0.261. The van der Waals surface area contributed by atoms with E-state index in [-0.39, 0.29) is 0 Å². The second-order valence-corrected chi connectivity index (χ2v) is 16.4. The lowest BCUT2D eigenvalue weighted by atomic mass is 9.12. The zero-order chi connectivity index (χ0) is 56.7. The summed E-state index contributed by atoms with van der Waals surface area (Å²) >= 11 is 0. The molecule has 0 saturated heterocycles. The number of carbonyl (C=O) groups excluding carboxylic acids is 1. The number of benzene rings is 5. The Morgan fingerprint density at radius 2 is 0.707 bits per heavy atom. The topological polar surface area (TPSA) is 35.1 Å². The predicted octanol–water partition coefficient (Wildman–Crippen LogP) is 12.8. The lowest BCUT2D eigenvalue weighted by Crippen LogP contribution is -2.75. The number of aldehydes is 1. The van der Waals surface area contributed by atoms with E-state index in [0.29, 0.717) is 12.2 Å². The van der Waals surface area contributed by atoms with Crippen molar-refractivity contribution in [3.63, 3.8) is 0 Å². The number of nitrogens with zero attached hydrogens (tertiary/aromatic N) is 2. The van der Waals surface area contributed by atoms with E-state index in [2.05, 4.69) is 4.57 Å². The SMILES string of the molecule is Cn1cc[n+](CCCOc2ccc(C=O)cc2)c1.FC(F)(F)c1cc([B-](c2cc(C(F)(F)F)cc(C(F)(F)F)c2)(c2cc(C(F)(F)F)cc(C(F)(F)F)c2)c2cc(C(F)(F)F)cc(C(F)(F)F)c2)cc(C(F)(F)F)c1. The van der Waals surface area contributed by atoms with Crippen LogP contribution in [-0.4, -0.2) is 23.6 Å². The highest BCUT2D eigenvalue weighted by Crippen LogP contribution is 2.41. The highest BCUT2D eigenvalue weighted by atomic mass is 19.4. The van der Waals surface area contributed by atoms with Gasteiger partial charge in [0, 0.05) is 12.0 Å². The van der Waals surface area contributed by atoms with Gasteiger partial charge in [-0.2, -0.15) is 127 Å². The zero-order valence-electron chi connectivity index (χ0n) is 37.0. The van der Waals surface area contributed by atoms with Crippen molar-refractivity contribution >= 4 is 34.3 Å². The van der Waals surface area contributed by atoms with E-state index >= 15 is 0 Å². The van der Waals surface area contributed by atoms with Crippen LogP contribution in [0.3, 0.4) is 0 Å². The van der Waals surface area contributed by atoms with Crippen LogP contribution in [0.15, 0.2) is 116 Å². The lowest BCUT2D eigenvalue weighted by molar-refractivity contribution is -0.696. The molecule has 0 amide bonds. The van der Waals surface area contributed by atoms with Crippen molar-refractivity contribution in [3.8, 4) is 5.75 Å². The van der Waals surface area contributed by atoms with Crippen molar-refractivity contribution in [2.24, 2.45) is 7.05 Å². The van der Waals surface area contributed by atoms with Gasteiger partial charge >= 0.3 is 49.4 Å². The van der Waals surface area contributed by atoms with E-state index in [1.165, 1.54) is 0 Å². The number of imidazole rings is 1. The third-order valence-electron chi connectivity index (χ3n) is 11.1. The van der Waals surface area contributed by atoms with Crippen molar-refractivity contribution in [1.29, 1.82) is 0 Å². The molecule has 1 aromatic heterocycles. The number of alkyl halides is 24. The number of hydrogen-bond acceptors (Lipinski definition) is 2. The predicted molar refractivity (Wildman–Crippen MR) is 218 cm³/mol. The van der Waals surface area contributed by atoms with Gasteiger partial charge in [0.1, 0.15) is 30.6 Å². The van der Waals surface area contributed by atoms with Gasteiger partial charge < -0.3 is 4.74 Å². The molecule has 1 heterocycles. The first-order valence-electron chi connectivity index (χ1n) is 20.6. The molecule has 4 nitrogen and oxygen atoms in total. The van der Waals surface area contributed by atoms with Gasteiger partial charge in [-0.15, -0.1) is 0 Å². The Morgan fingerprint density at radius 3 is 0.920 bits per heavy atom. The minimum absolute atomic E-state index is 0.669. The first kappa shape index (κ1) is 59.0. The van der Waals surface area contributed by atoms with Crippen LogP contribution in [0.1, 0.15) is 61.3 Å². The Bertz CT molecular complexity index is 2540. The summed E-state index contributed by atoms with van der Waals surface area (Å²) in [7, 11) is 2.00. The molecule has 0 bridgehead atoms. The molecule has 6 aromatic rings. The van der Waals surface area contributed by atoms with Crippen molar-refractivity contribution in [2.75, 3.05) is 6.61 Å². The maximum atomic E-state index is 14.2. The number of carbonyl (C=O) groups is 1. The highest BCUT2D eigenvalue weighted by Gasteiger charge is 2.47. The van der Waals surface area contributed by atoms with Crippen LogP contribution in [0.5, 0.6) is 5.75 Å². The van der Waals surface area contributed by atoms with E-state index in [9.17, 15) is 110 Å². The molecule has 0 fully saturated rings. The van der Waals surface area contributed by atoms with Crippen LogP contribution >= 0.6 is 0 Å². The normalized spacial score (nSPS) is 13.3. The van der Waals surface area contributed by atoms with Gasteiger partial charge in [0.2, 0.25) is 6.33 Å². The summed E-state index contributed by atoms with van der Waals surface area (Å²) in [6.07, 6.45) is -46.9. The molecule has 75 heavy (non-hydrogen) atoms. The second kappa shape index (κ2) is 20.7. The molecule has 406 valence electrons. The Balaban J connectivity index is 0.000000483. The van der Waals surface area contributed by atoms with E-state index < -0.39 is 195 Å². The lowest BCUT2D eigenvalue weighted by Gasteiger charge is -2.46. The monoisotopic (exact) mass is 1110 g/mol. The van der Waals surface area contributed by atoms with E-state index in [1.54, 1.807) is 12.1 Å². The summed E-state index contributed by atoms with van der Waals surface area (Å²) in [5.41, 5.74) is -29.5. The van der Waals surface area contributed by atoms with Crippen LogP contribution < -0.4 is 31.2 Å². The molecule has 29 heteroatoms. The summed E-state index contributed by atoms with van der Waals surface area (Å²) < 4.78 is 351. The molecule has 0 radical (unpaired) electrons. The number of hydrogen-bond donors (Lipinski definition) is 0. The van der Waals surface area contributed by atoms with Gasteiger partial charge in [0.15, 0.2) is 0 Å². The highest BCUT2D eigenvalue weighted by molar-refractivity contribution is 7.20. The maximum absolute atomic E-state index is 14.2. The molecule has 0 aliphatic carbocycles. The number of aryl methyl sites for hydroxylation is 2. The quantitative estimate of drug-likeness (QED) is 0.0450. The standard InChI is InChI=1S/C32H12BF24.C14H17N2O2/c34-25(35,36)13-1-14(26(37,38)39)6-21(5-13)33(22-7-15(27(40,41)42)2-16(8-22)28(43,44)45,23-9-17(29(46,47)48)3-18(10-23)30(49,50)51)24-11-19(31(52,53)54)4-20(12-24)32(55,56)57;1-15-8-9-16(12-15)7-2-10-18-14-5-3-13(11-17)4-6-14/h1-12H;3-6,8-9,11-12H,2,7,10H2,1H3/q-1;+1. The van der Waals surface area contributed by atoms with Gasteiger partial charge in [-0.05, 0) is 48.5 Å². The van der Waals surface area contributed by atoms with Gasteiger partial charge in [-0.25, -0.2) is 9.13 Å². The Labute approximate surface area is 405 Å². The first-order chi connectivity index (χ1) is 34.0. The molecule has 0 spiro atoms. The first-order valence-corrected chi connectivity index (χ1v) is 20.6. The van der Waals surface area contributed by atoms with Gasteiger partial charge in [-0.1, -0.05) is 48.5 Å². The number of aromatic nitrogens is 2. The van der Waals surface area contributed by atoms with Crippen molar-refractivity contribution in [2.45, 2.75) is 62.4 Å². The summed E-state index contributed by atoms with van der Waals surface area (Å²) in [4.78, 5) is 10.5. The molecule has 6 rings (SSSR count). The van der Waals surface area contributed by atoms with Crippen LogP contribution in [0.25, 0.3) is 0 Å². The van der Waals surface area contributed by atoms with Gasteiger partial charge in [-0.3, -0.25) is 4.79 Å². The van der Waals surface area contributed by atoms with Crippen molar-refractivity contribution in [1.82, 2.24) is 4.57 Å². The largest absolute Gasteiger partial charge is 0.493 e. The smallest absolute Gasteiger partial charge is 0.416 e. The third kappa shape index (κ3) is 14.3. The second-order valence-electron chi connectivity index (χ2n) is 16.4. The fourth-order valence-electron chi connectivity index (χ4n) is 7.78. The summed E-state index contributed by atoms with van der Waals surface area (Å²) in [5.74, 6) is 0.804. The minimum atomic E-state index is -6.13. The van der Waals surface area contributed by atoms with E-state index in [0.717, 1.165) is 25.0 Å². The maximum Gasteiger partial charge on any atom is 0.416 e. The summed E-state index contributed by atoms with van der Waals surface area (Å²) in [5, 5.41) is 0. The minimum Gasteiger partial charge on any atom is -0.493 e. The molecule has 0 unspecified atom stereocenters. The number of rotatable bonds is 10. The van der Waals surface area contributed by atoms with Gasteiger partial charge in [0.25, 0.3) is 0 Å². The Morgan fingerprint density at radius 1 is 0.440 bits per heavy atom. The van der Waals surface area contributed by atoms with Crippen molar-refractivity contribution in [3.05, 3.63) is 166 Å². The van der Waals surface area contributed by atoms with Crippen LogP contribution in [-0.2, 0) is 63.0 Å². The Kier molecular flexibility index (Phi) is 16.3. The van der Waals surface area contributed by atoms with Crippen LogP contribution in [0.2, 0.25) is 0 Å². The molecule has 0 atom stereocenters. The van der Waals surface area contributed by atoms with Crippen LogP contribution in [0.4, 0.5) is 105 Å². The average molecular weight is 1110 g/mol. The van der Waals surface area contributed by atoms with E-state index in [4.69, 9.17) is 4.74 Å². The van der Waals surface area contributed by atoms with Gasteiger partial charge in [0.05, 0.1) is 64.7 Å². The van der Waals surface area contributed by atoms with Crippen LogP contribution in [0, 0.1) is 0 Å². The zero-order valence-corrected chi connectivity index (χ0v) is 37.0. The average Bonchev–Trinajstić information content (AvgIpc) is 3.70. The molecular formula is C46H29BF24N2O2. The molecule has 0 aliphatic heterocycles. The number of halogens is 24. The molecule has 0 aliphatic rings. The summed E-state index contributed by atoms with van der Waals surface area (Å²) in [6, 6.07) is -1.66. The molecule has 0 saturated carbocycles. The Hall–Kier alpha value is -6.84. The van der Waals surface area contributed by atoms with E-state index in [1.807, 2.05) is 42.5 Å².